The van der Waals surface area contributed by atoms with Crippen molar-refractivity contribution in [1.29, 1.82) is 0 Å². The highest BCUT2D eigenvalue weighted by Gasteiger charge is 2.32. The number of rotatable bonds is 6. The second-order valence-corrected chi connectivity index (χ2v) is 6.44. The third-order valence-electron chi connectivity index (χ3n) is 4.25. The van der Waals surface area contributed by atoms with E-state index in [4.69, 9.17) is 16.3 Å². The maximum absolute atomic E-state index is 10.3. The van der Waals surface area contributed by atoms with Gasteiger partial charge in [0.25, 0.3) is 0 Å². The highest BCUT2D eigenvalue weighted by atomic mass is 35.5. The van der Waals surface area contributed by atoms with Crippen molar-refractivity contribution in [2.45, 2.75) is 38.1 Å². The van der Waals surface area contributed by atoms with Gasteiger partial charge in [-0.2, -0.15) is 5.10 Å². The van der Waals surface area contributed by atoms with E-state index in [0.29, 0.717) is 17.5 Å². The van der Waals surface area contributed by atoms with Gasteiger partial charge in [-0.15, -0.1) is 0 Å². The Morgan fingerprint density at radius 3 is 3.00 bits per heavy atom. The van der Waals surface area contributed by atoms with Crippen molar-refractivity contribution in [1.82, 2.24) is 20.1 Å². The summed E-state index contributed by atoms with van der Waals surface area (Å²) >= 11 is 5.88. The van der Waals surface area contributed by atoms with Crippen molar-refractivity contribution in [2.75, 3.05) is 7.11 Å². The monoisotopic (exact) mass is 336 g/mol. The van der Waals surface area contributed by atoms with Crippen LogP contribution in [0.4, 0.5) is 0 Å². The van der Waals surface area contributed by atoms with Crippen LogP contribution in [0.5, 0.6) is 5.75 Å². The maximum Gasteiger partial charge on any atom is 0.137 e. The summed E-state index contributed by atoms with van der Waals surface area (Å²) in [5.74, 6) is 1.13. The largest absolute Gasteiger partial charge is 0.495 e. The first-order valence-electron chi connectivity index (χ1n) is 7.71. The molecule has 0 radical (unpaired) electrons. The normalized spacial score (nSPS) is 24.0. The van der Waals surface area contributed by atoms with Crippen LogP contribution in [0.25, 0.3) is 0 Å². The van der Waals surface area contributed by atoms with Gasteiger partial charge >= 0.3 is 0 Å². The number of aromatic nitrogens is 3. The lowest BCUT2D eigenvalue weighted by atomic mass is 10.1. The van der Waals surface area contributed by atoms with Crippen molar-refractivity contribution in [3.8, 4) is 5.75 Å². The zero-order valence-corrected chi connectivity index (χ0v) is 13.8. The Hall–Kier alpha value is -1.63. The molecule has 0 bridgehead atoms. The number of aliphatic hydroxyl groups is 1. The van der Waals surface area contributed by atoms with E-state index < -0.39 is 0 Å². The van der Waals surface area contributed by atoms with E-state index in [1.54, 1.807) is 25.7 Å². The quantitative estimate of drug-likeness (QED) is 0.842. The van der Waals surface area contributed by atoms with Crippen LogP contribution in [0, 0.1) is 5.92 Å². The summed E-state index contributed by atoms with van der Waals surface area (Å²) < 4.78 is 7.01. The molecular weight excluding hydrogens is 316 g/mol. The molecule has 2 N–H and O–H groups in total. The third kappa shape index (κ3) is 4.22. The molecule has 2 heterocycles. The van der Waals surface area contributed by atoms with Gasteiger partial charge in [-0.05, 0) is 30.4 Å². The average Bonchev–Trinajstić information content (AvgIpc) is 3.11. The van der Waals surface area contributed by atoms with Gasteiger partial charge in [0.15, 0.2) is 0 Å². The van der Waals surface area contributed by atoms with Gasteiger partial charge < -0.3 is 15.2 Å². The highest BCUT2D eigenvalue weighted by Crippen LogP contribution is 2.28. The second kappa shape index (κ2) is 7.29. The average molecular weight is 337 g/mol. The molecule has 7 heteroatoms. The minimum atomic E-state index is -0.343. The smallest absolute Gasteiger partial charge is 0.137 e. The topological polar surface area (TPSA) is 72.2 Å². The molecule has 1 aliphatic rings. The number of pyridine rings is 1. The van der Waals surface area contributed by atoms with E-state index in [2.05, 4.69) is 15.4 Å². The number of aliphatic hydroxyl groups excluding tert-OH is 1. The maximum atomic E-state index is 10.3. The van der Waals surface area contributed by atoms with E-state index in [0.717, 1.165) is 30.7 Å². The number of nitrogens with one attached hydrogen (secondary N) is 1. The first kappa shape index (κ1) is 16.2. The van der Waals surface area contributed by atoms with E-state index in [1.165, 1.54) is 0 Å². The molecule has 1 unspecified atom stereocenters. The molecule has 23 heavy (non-hydrogen) atoms. The molecule has 0 amide bonds. The Kier molecular flexibility index (Phi) is 5.15. The fourth-order valence-corrected chi connectivity index (χ4v) is 3.27. The number of methoxy groups -OCH3 is 1. The highest BCUT2D eigenvalue weighted by molar-refractivity contribution is 6.30. The van der Waals surface area contributed by atoms with Crippen LogP contribution in [-0.2, 0) is 13.1 Å². The Bertz CT molecular complexity index is 649. The zero-order chi connectivity index (χ0) is 16.2. The van der Waals surface area contributed by atoms with Crippen molar-refractivity contribution < 1.29 is 9.84 Å². The zero-order valence-electron chi connectivity index (χ0n) is 13.0. The number of halogens is 1. The lowest BCUT2D eigenvalue weighted by molar-refractivity contribution is 0.145. The van der Waals surface area contributed by atoms with Crippen molar-refractivity contribution in [3.05, 3.63) is 41.4 Å². The van der Waals surface area contributed by atoms with Crippen LogP contribution in [0.3, 0.4) is 0 Å². The molecule has 3 rings (SSSR count). The minimum absolute atomic E-state index is 0.0808. The van der Waals surface area contributed by atoms with E-state index >= 15 is 0 Å². The molecule has 0 aromatic carbocycles. The Balaban J connectivity index is 1.52. The summed E-state index contributed by atoms with van der Waals surface area (Å²) in [7, 11) is 1.63. The second-order valence-electron chi connectivity index (χ2n) is 6.01. The first-order valence-corrected chi connectivity index (χ1v) is 8.09. The molecule has 124 valence electrons. The molecule has 2 aromatic rings. The SMILES string of the molecule is COc1cncc(CN[C@@H]2CC(Cn3cc(Cl)cn3)C[C@H]2O)c1. The van der Waals surface area contributed by atoms with Gasteiger partial charge in [0.2, 0.25) is 0 Å². The Morgan fingerprint density at radius 1 is 1.39 bits per heavy atom. The van der Waals surface area contributed by atoms with Crippen molar-refractivity contribution >= 4 is 11.6 Å². The van der Waals surface area contributed by atoms with E-state index in [9.17, 15) is 5.11 Å². The summed E-state index contributed by atoms with van der Waals surface area (Å²) in [5, 5.41) is 18.5. The van der Waals surface area contributed by atoms with Crippen LogP contribution in [0.2, 0.25) is 5.02 Å². The lowest BCUT2D eigenvalue weighted by Crippen LogP contribution is -2.35. The van der Waals surface area contributed by atoms with Crippen LogP contribution >= 0.6 is 11.6 Å². The number of hydrogen-bond acceptors (Lipinski definition) is 5. The van der Waals surface area contributed by atoms with Gasteiger partial charge in [-0.3, -0.25) is 9.67 Å². The molecular formula is C16H21ClN4O2. The van der Waals surface area contributed by atoms with Crippen molar-refractivity contribution in [3.63, 3.8) is 0 Å². The lowest BCUT2D eigenvalue weighted by Gasteiger charge is -2.16. The molecule has 0 saturated heterocycles. The van der Waals surface area contributed by atoms with Gasteiger partial charge in [-0.1, -0.05) is 11.6 Å². The van der Waals surface area contributed by atoms with Gasteiger partial charge in [0.05, 0.1) is 30.6 Å². The molecule has 1 fully saturated rings. The molecule has 1 saturated carbocycles. The van der Waals surface area contributed by atoms with Gasteiger partial charge in [0.1, 0.15) is 5.75 Å². The Morgan fingerprint density at radius 2 is 2.26 bits per heavy atom. The number of hydrogen-bond donors (Lipinski definition) is 2. The molecule has 6 nitrogen and oxygen atoms in total. The fourth-order valence-electron chi connectivity index (χ4n) is 3.11. The fraction of sp³-hybridized carbons (Fsp3) is 0.500. The van der Waals surface area contributed by atoms with Gasteiger partial charge in [0, 0.05) is 31.5 Å². The molecule has 1 aliphatic carbocycles. The number of ether oxygens (including phenoxy) is 1. The van der Waals surface area contributed by atoms with E-state index in [1.807, 2.05) is 16.9 Å². The third-order valence-corrected chi connectivity index (χ3v) is 4.44. The van der Waals surface area contributed by atoms with Crippen LogP contribution in [0.1, 0.15) is 18.4 Å². The van der Waals surface area contributed by atoms with E-state index in [-0.39, 0.29) is 12.1 Å². The molecule has 3 atom stereocenters. The predicted octanol–water partition coefficient (Wildman–Crippen LogP) is 1.87. The number of nitrogens with zero attached hydrogens (tertiary/aromatic N) is 3. The van der Waals surface area contributed by atoms with Crippen LogP contribution in [0.15, 0.2) is 30.9 Å². The summed E-state index contributed by atoms with van der Waals surface area (Å²) in [5.41, 5.74) is 1.04. The van der Waals surface area contributed by atoms with Crippen LogP contribution in [-0.4, -0.2) is 39.1 Å². The minimum Gasteiger partial charge on any atom is -0.495 e. The molecule has 2 aromatic heterocycles. The predicted molar refractivity (Wildman–Crippen MR) is 87.4 cm³/mol. The summed E-state index contributed by atoms with van der Waals surface area (Å²) in [4.78, 5) is 4.14. The summed E-state index contributed by atoms with van der Waals surface area (Å²) in [6.45, 7) is 1.44. The summed E-state index contributed by atoms with van der Waals surface area (Å²) in [6, 6.07) is 2.03. The molecule has 0 spiro atoms. The summed E-state index contributed by atoms with van der Waals surface area (Å²) in [6.07, 6.45) is 8.28. The first-order chi connectivity index (χ1) is 11.1. The molecule has 0 aliphatic heterocycles. The van der Waals surface area contributed by atoms with Crippen molar-refractivity contribution in [2.24, 2.45) is 5.92 Å². The van der Waals surface area contributed by atoms with Gasteiger partial charge in [-0.25, -0.2) is 0 Å². The van der Waals surface area contributed by atoms with Crippen LogP contribution < -0.4 is 10.1 Å². The standard InChI is InChI=1S/C16H21ClN4O2/c1-23-14-2-12(5-18-8-14)6-19-15-3-11(4-16(15)22)9-21-10-13(17)7-20-21/h2,5,7-8,10-11,15-16,19,22H,3-4,6,9H2,1H3/t11?,15-,16-/m1/s1. The Labute approximate surface area is 140 Å².